The smallest absolute Gasteiger partial charge is 0.483 e. The van der Waals surface area contributed by atoms with Crippen molar-refractivity contribution in [2.45, 2.75) is 83.2 Å². The van der Waals surface area contributed by atoms with Gasteiger partial charge in [0.05, 0.1) is 17.6 Å². The van der Waals surface area contributed by atoms with Gasteiger partial charge in [0.25, 0.3) is 6.47 Å². The monoisotopic (exact) mass is 728 g/mol. The largest absolute Gasteiger partial charge is 0.490 e. The maximum absolute atomic E-state index is 13.8. The Bertz CT molecular complexity index is 1190. The molecule has 1 aromatic rings. The second-order valence-corrected chi connectivity index (χ2v) is 12.0. The molecule has 2 aliphatic heterocycles. The van der Waals surface area contributed by atoms with Gasteiger partial charge >= 0.3 is 25.0 Å². The molecule has 11 nitrogen and oxygen atoms in total. The minimum atomic E-state index is -5.08. The van der Waals surface area contributed by atoms with Crippen LogP contribution in [0.3, 0.4) is 0 Å². The number of piperazine rings is 1. The van der Waals surface area contributed by atoms with Gasteiger partial charge in [0, 0.05) is 44.9 Å². The average molecular weight is 729 g/mol. The van der Waals surface area contributed by atoms with Crippen LogP contribution in [0.25, 0.3) is 0 Å². The highest BCUT2D eigenvalue weighted by atomic mass is 19.4. The quantitative estimate of drug-likeness (QED) is 0.251. The molecule has 0 bridgehead atoms. The number of ether oxygens (including phenoxy) is 1. The number of carbonyl (C=O) groups excluding carboxylic acids is 1. The number of carbonyl (C=O) groups is 3. The topological polar surface area (TPSA) is 153 Å². The van der Waals surface area contributed by atoms with Crippen molar-refractivity contribution >= 4 is 24.2 Å². The first-order valence-corrected chi connectivity index (χ1v) is 14.9. The van der Waals surface area contributed by atoms with Gasteiger partial charge in [-0.1, -0.05) is 13.0 Å². The SMILES string of the molecule is CC1COCCC1N[C@@H]1CC[C@@](C(=O)N2CCN(c3cccc(C(F)(F)F)n3)CC2)(C(C)(C)O)C1.FC(F)F.O=C(O)C(F)(F)F.O=CO. The molecule has 49 heavy (non-hydrogen) atoms. The number of aromatic nitrogens is 1. The predicted molar refractivity (Wildman–Crippen MR) is 155 cm³/mol. The zero-order chi connectivity index (χ0) is 37.8. The number of aliphatic hydroxyl groups is 1. The summed E-state index contributed by atoms with van der Waals surface area (Å²) >= 11 is 0. The Hall–Kier alpha value is -3.39. The van der Waals surface area contributed by atoms with Crippen LogP contribution in [0.4, 0.5) is 45.3 Å². The zero-order valence-corrected chi connectivity index (χ0v) is 26.9. The molecule has 0 aromatic carbocycles. The van der Waals surface area contributed by atoms with Crippen molar-refractivity contribution in [1.29, 1.82) is 0 Å². The summed E-state index contributed by atoms with van der Waals surface area (Å²) in [5.74, 6) is -2.16. The lowest BCUT2D eigenvalue weighted by Gasteiger charge is -2.45. The Labute approximate surface area is 276 Å². The number of halogens is 9. The van der Waals surface area contributed by atoms with Gasteiger partial charge in [-0.05, 0) is 57.6 Å². The Kier molecular flexibility index (Phi) is 16.5. The maximum atomic E-state index is 13.8. The normalized spacial score (nSPS) is 24.4. The Morgan fingerprint density at radius 3 is 2.04 bits per heavy atom. The van der Waals surface area contributed by atoms with Gasteiger partial charge in [-0.15, -0.1) is 0 Å². The van der Waals surface area contributed by atoms with Crippen LogP contribution in [-0.2, 0) is 25.3 Å². The van der Waals surface area contributed by atoms with Gasteiger partial charge in [0.2, 0.25) is 5.91 Å². The number of anilines is 1. The molecule has 282 valence electrons. The molecule has 3 heterocycles. The number of pyridine rings is 1. The van der Waals surface area contributed by atoms with Crippen molar-refractivity contribution in [3.8, 4) is 0 Å². The lowest BCUT2D eigenvalue weighted by molar-refractivity contribution is -0.192. The number of hydrogen-bond donors (Lipinski definition) is 4. The number of aliphatic carboxylic acids is 1. The van der Waals surface area contributed by atoms with E-state index in [-0.39, 0.29) is 24.2 Å². The van der Waals surface area contributed by atoms with Gasteiger partial charge in [0.1, 0.15) is 11.5 Å². The van der Waals surface area contributed by atoms with Crippen molar-refractivity contribution in [2.24, 2.45) is 11.3 Å². The average Bonchev–Trinajstić information content (AvgIpc) is 3.43. The Morgan fingerprint density at radius 1 is 1.06 bits per heavy atom. The summed E-state index contributed by atoms with van der Waals surface area (Å²) in [6.07, 6.45) is -6.67. The van der Waals surface area contributed by atoms with Crippen LogP contribution in [0.1, 0.15) is 52.1 Å². The number of carboxylic acid groups (broad SMARTS) is 2. The fourth-order valence-corrected chi connectivity index (χ4v) is 5.83. The van der Waals surface area contributed by atoms with Gasteiger partial charge < -0.3 is 35.2 Å². The van der Waals surface area contributed by atoms with E-state index in [1.807, 2.05) is 0 Å². The van der Waals surface area contributed by atoms with Gasteiger partial charge in [-0.25, -0.2) is 9.78 Å². The number of hydrogen-bond acceptors (Lipinski definition) is 8. The highest BCUT2D eigenvalue weighted by molar-refractivity contribution is 5.85. The predicted octanol–water partition coefficient (Wildman–Crippen LogP) is 4.59. The van der Waals surface area contributed by atoms with E-state index < -0.39 is 41.7 Å². The molecule has 1 aliphatic carbocycles. The van der Waals surface area contributed by atoms with Crippen LogP contribution in [-0.4, -0.2) is 113 Å². The fraction of sp³-hybridized carbons (Fsp3) is 0.724. The number of alkyl halides is 9. The summed E-state index contributed by atoms with van der Waals surface area (Å²) in [6.45, 7) is 4.68. The molecule has 2 unspecified atom stereocenters. The van der Waals surface area contributed by atoms with Crippen molar-refractivity contribution in [3.05, 3.63) is 23.9 Å². The highest BCUT2D eigenvalue weighted by Gasteiger charge is 2.56. The van der Waals surface area contributed by atoms with E-state index in [1.165, 1.54) is 6.07 Å². The summed E-state index contributed by atoms with van der Waals surface area (Å²) in [5, 5.41) is 28.9. The van der Waals surface area contributed by atoms with Crippen LogP contribution in [0, 0.1) is 11.3 Å². The third-order valence-corrected chi connectivity index (χ3v) is 8.34. The first-order chi connectivity index (χ1) is 22.5. The van der Waals surface area contributed by atoms with Crippen molar-refractivity contribution in [1.82, 2.24) is 15.2 Å². The lowest BCUT2D eigenvalue weighted by Crippen LogP contribution is -2.59. The summed E-state index contributed by atoms with van der Waals surface area (Å²) in [4.78, 5) is 38.4. The van der Waals surface area contributed by atoms with Crippen LogP contribution < -0.4 is 10.2 Å². The molecule has 1 amide bonds. The molecule has 4 N–H and O–H groups in total. The zero-order valence-electron chi connectivity index (χ0n) is 26.9. The molecule has 20 heteroatoms. The molecule has 0 radical (unpaired) electrons. The molecule has 4 atom stereocenters. The summed E-state index contributed by atoms with van der Waals surface area (Å²) in [5.41, 5.74) is -3.00. The third-order valence-electron chi connectivity index (χ3n) is 8.34. The van der Waals surface area contributed by atoms with E-state index in [0.29, 0.717) is 51.0 Å². The number of nitrogens with zero attached hydrogens (tertiary/aromatic N) is 3. The van der Waals surface area contributed by atoms with Crippen molar-refractivity contribution < 1.29 is 74.0 Å². The fourth-order valence-electron chi connectivity index (χ4n) is 5.83. The lowest BCUT2D eigenvalue weighted by atomic mass is 9.70. The summed E-state index contributed by atoms with van der Waals surface area (Å²) in [7, 11) is 0. The standard InChI is InChI=1S/C25H37F3N4O3.C2HF3O2.CHF3.CH2O2/c1-17-16-35-14-8-19(17)29-18-7-9-24(15-18,23(2,3)34)22(33)32-12-10-31(11-13-32)21-6-4-5-20(30-21)25(26,27)28;3-2(4,5)1(6)7;2-1(3)4;2-1-3/h4-6,17-19,29,34H,7-16H2,1-3H3;(H,6,7);1H;1H,(H,2,3)/t17?,18-,19?,24-;;;/m1.../s1. The van der Waals surface area contributed by atoms with E-state index in [2.05, 4.69) is 17.2 Å². The summed E-state index contributed by atoms with van der Waals surface area (Å²) in [6, 6.07) is 4.37. The third kappa shape index (κ3) is 13.4. The molecule has 1 saturated carbocycles. The van der Waals surface area contributed by atoms with Gasteiger partial charge in [-0.2, -0.15) is 39.5 Å². The van der Waals surface area contributed by atoms with E-state index >= 15 is 0 Å². The van der Waals surface area contributed by atoms with E-state index in [9.17, 15) is 49.4 Å². The van der Waals surface area contributed by atoms with Crippen LogP contribution in [0.2, 0.25) is 0 Å². The number of amides is 1. The van der Waals surface area contributed by atoms with Crippen LogP contribution >= 0.6 is 0 Å². The minimum absolute atomic E-state index is 0.0639. The first-order valence-electron chi connectivity index (χ1n) is 14.9. The first kappa shape index (κ1) is 43.6. The molecule has 3 fully saturated rings. The van der Waals surface area contributed by atoms with E-state index in [4.69, 9.17) is 24.5 Å². The molecular weight excluding hydrogens is 687 g/mol. The Morgan fingerprint density at radius 2 is 1.59 bits per heavy atom. The van der Waals surface area contributed by atoms with Crippen LogP contribution in [0.5, 0.6) is 0 Å². The highest BCUT2D eigenvalue weighted by Crippen LogP contribution is 2.48. The number of rotatable bonds is 5. The summed E-state index contributed by atoms with van der Waals surface area (Å²) < 4.78 is 105. The second-order valence-electron chi connectivity index (χ2n) is 12.0. The molecule has 1 aromatic heterocycles. The van der Waals surface area contributed by atoms with Gasteiger partial charge in [-0.3, -0.25) is 9.59 Å². The molecule has 3 aliphatic rings. The number of nitrogens with one attached hydrogen (secondary N) is 1. The van der Waals surface area contributed by atoms with E-state index in [0.717, 1.165) is 32.1 Å². The van der Waals surface area contributed by atoms with Crippen molar-refractivity contribution in [2.75, 3.05) is 44.3 Å². The Balaban J connectivity index is 0.000000727. The maximum Gasteiger partial charge on any atom is 0.490 e. The molecule has 0 spiro atoms. The molecular formula is C29H41F9N4O7. The minimum Gasteiger partial charge on any atom is -0.483 e. The molecule has 4 rings (SSSR count). The second kappa shape index (κ2) is 18.6. The van der Waals surface area contributed by atoms with Gasteiger partial charge in [0.15, 0.2) is 0 Å². The van der Waals surface area contributed by atoms with E-state index in [1.54, 1.807) is 29.7 Å². The van der Waals surface area contributed by atoms with Crippen molar-refractivity contribution in [3.63, 3.8) is 0 Å². The van der Waals surface area contributed by atoms with Crippen LogP contribution in [0.15, 0.2) is 18.2 Å². The molecule has 2 saturated heterocycles. The number of carboxylic acids is 1.